The van der Waals surface area contributed by atoms with Crippen LogP contribution >= 0.6 is 0 Å². The minimum Gasteiger partial charge on any atom is -0.456 e. The maximum Gasteiger partial charge on any atom is 0.291 e. The smallest absolute Gasteiger partial charge is 0.291 e. The summed E-state index contributed by atoms with van der Waals surface area (Å²) in [5.41, 5.74) is 3.33. The molecule has 1 amide bonds. The van der Waals surface area contributed by atoms with E-state index in [0.717, 1.165) is 16.9 Å². The quantitative estimate of drug-likeness (QED) is 0.485. The molecule has 0 spiro atoms. The Morgan fingerprint density at radius 2 is 1.66 bits per heavy atom. The van der Waals surface area contributed by atoms with E-state index in [1.807, 2.05) is 67.6 Å². The molecule has 2 aromatic heterocycles. The summed E-state index contributed by atoms with van der Waals surface area (Å²) in [6, 6.07) is 22.7. The predicted molar refractivity (Wildman–Crippen MR) is 113 cm³/mol. The number of furan rings is 1. The van der Waals surface area contributed by atoms with Crippen LogP contribution in [0, 0.1) is 13.8 Å². The van der Waals surface area contributed by atoms with Gasteiger partial charge in [0.2, 0.25) is 0 Å². The van der Waals surface area contributed by atoms with Crippen molar-refractivity contribution in [2.24, 2.45) is 0 Å². The van der Waals surface area contributed by atoms with Crippen LogP contribution in [0.15, 0.2) is 77.2 Å². The lowest BCUT2D eigenvalue weighted by Crippen LogP contribution is -2.11. The van der Waals surface area contributed by atoms with Crippen molar-refractivity contribution in [3.8, 4) is 11.3 Å². The molecule has 4 rings (SSSR count). The average molecular weight is 384 g/mol. The van der Waals surface area contributed by atoms with Crippen LogP contribution in [-0.4, -0.2) is 15.9 Å². The molecule has 2 heterocycles. The standard InChI is InChI=1S/C23H20N4O2/c1-15-11-12-21(29-15)23(28)27-19-10-6-9-18(13-19)26-22-14-20(24-16(2)25-22)17-7-4-3-5-8-17/h3-14H,1-2H3,(H,27,28)(H,24,25,26). The second-order valence-electron chi connectivity index (χ2n) is 6.62. The Morgan fingerprint density at radius 1 is 0.862 bits per heavy atom. The van der Waals surface area contributed by atoms with Crippen molar-refractivity contribution in [2.75, 3.05) is 10.6 Å². The van der Waals surface area contributed by atoms with Gasteiger partial charge in [-0.3, -0.25) is 4.79 Å². The van der Waals surface area contributed by atoms with Crippen molar-refractivity contribution in [3.63, 3.8) is 0 Å². The van der Waals surface area contributed by atoms with Gasteiger partial charge in [0, 0.05) is 23.0 Å². The number of aryl methyl sites for hydroxylation is 2. The van der Waals surface area contributed by atoms with E-state index in [9.17, 15) is 4.79 Å². The second-order valence-corrected chi connectivity index (χ2v) is 6.62. The number of hydrogen-bond acceptors (Lipinski definition) is 5. The second kappa shape index (κ2) is 7.98. The first-order valence-corrected chi connectivity index (χ1v) is 9.23. The van der Waals surface area contributed by atoms with Crippen molar-refractivity contribution in [1.29, 1.82) is 0 Å². The van der Waals surface area contributed by atoms with Gasteiger partial charge in [0.05, 0.1) is 5.69 Å². The first-order valence-electron chi connectivity index (χ1n) is 9.23. The van der Waals surface area contributed by atoms with E-state index in [2.05, 4.69) is 20.6 Å². The lowest BCUT2D eigenvalue weighted by molar-refractivity contribution is 0.0995. The molecule has 0 fully saturated rings. The third kappa shape index (κ3) is 4.50. The Morgan fingerprint density at radius 3 is 2.41 bits per heavy atom. The zero-order valence-corrected chi connectivity index (χ0v) is 16.1. The van der Waals surface area contributed by atoms with Gasteiger partial charge in [0.15, 0.2) is 5.76 Å². The molecular formula is C23H20N4O2. The van der Waals surface area contributed by atoms with E-state index in [1.54, 1.807) is 19.1 Å². The van der Waals surface area contributed by atoms with Crippen molar-refractivity contribution in [2.45, 2.75) is 13.8 Å². The minimum absolute atomic E-state index is 0.278. The number of rotatable bonds is 5. The molecule has 2 aromatic carbocycles. The number of anilines is 3. The molecule has 0 aliphatic heterocycles. The molecule has 144 valence electrons. The topological polar surface area (TPSA) is 80.0 Å². The molecule has 0 radical (unpaired) electrons. The molecule has 0 atom stereocenters. The fourth-order valence-electron chi connectivity index (χ4n) is 2.96. The maximum absolute atomic E-state index is 12.3. The minimum atomic E-state index is -0.292. The largest absolute Gasteiger partial charge is 0.456 e. The Kier molecular flexibility index (Phi) is 5.07. The summed E-state index contributed by atoms with van der Waals surface area (Å²) in [6.45, 7) is 3.66. The van der Waals surface area contributed by atoms with Crippen molar-refractivity contribution in [3.05, 3.63) is 90.1 Å². The van der Waals surface area contributed by atoms with Gasteiger partial charge in [-0.05, 0) is 44.2 Å². The van der Waals surface area contributed by atoms with E-state index in [0.29, 0.717) is 23.1 Å². The van der Waals surface area contributed by atoms with E-state index < -0.39 is 0 Å². The van der Waals surface area contributed by atoms with Gasteiger partial charge in [-0.1, -0.05) is 36.4 Å². The molecule has 29 heavy (non-hydrogen) atoms. The molecule has 2 N–H and O–H groups in total. The highest BCUT2D eigenvalue weighted by Crippen LogP contribution is 2.24. The van der Waals surface area contributed by atoms with Gasteiger partial charge < -0.3 is 15.1 Å². The number of nitrogens with zero attached hydrogens (tertiary/aromatic N) is 2. The summed E-state index contributed by atoms with van der Waals surface area (Å²) in [5.74, 6) is 2.03. The zero-order chi connectivity index (χ0) is 20.2. The molecular weight excluding hydrogens is 364 g/mol. The van der Waals surface area contributed by atoms with Gasteiger partial charge >= 0.3 is 0 Å². The van der Waals surface area contributed by atoms with Crippen molar-refractivity contribution >= 4 is 23.1 Å². The number of carbonyl (C=O) groups excluding carboxylic acids is 1. The molecule has 0 bridgehead atoms. The molecule has 0 aliphatic rings. The van der Waals surface area contributed by atoms with E-state index in [4.69, 9.17) is 4.42 Å². The Balaban J connectivity index is 1.54. The monoisotopic (exact) mass is 384 g/mol. The molecule has 4 aromatic rings. The summed E-state index contributed by atoms with van der Waals surface area (Å²) in [5, 5.41) is 6.13. The van der Waals surface area contributed by atoms with Crippen LogP contribution < -0.4 is 10.6 Å². The molecule has 0 saturated carbocycles. The highest BCUT2D eigenvalue weighted by atomic mass is 16.3. The Labute approximate surface area is 168 Å². The third-order valence-corrected chi connectivity index (χ3v) is 4.26. The summed E-state index contributed by atoms with van der Waals surface area (Å²) in [4.78, 5) is 21.3. The van der Waals surface area contributed by atoms with Crippen LogP contribution in [-0.2, 0) is 0 Å². The molecule has 6 nitrogen and oxygen atoms in total. The van der Waals surface area contributed by atoms with Gasteiger partial charge in [0.1, 0.15) is 17.4 Å². The Hall–Kier alpha value is -3.93. The predicted octanol–water partition coefficient (Wildman–Crippen LogP) is 5.35. The highest BCUT2D eigenvalue weighted by molar-refractivity contribution is 6.02. The average Bonchev–Trinajstić information content (AvgIpc) is 3.15. The summed E-state index contributed by atoms with van der Waals surface area (Å²) >= 11 is 0. The van der Waals surface area contributed by atoms with E-state index in [1.165, 1.54) is 0 Å². The van der Waals surface area contributed by atoms with Crippen LogP contribution in [0.3, 0.4) is 0 Å². The van der Waals surface area contributed by atoms with Crippen LogP contribution in [0.25, 0.3) is 11.3 Å². The summed E-state index contributed by atoms with van der Waals surface area (Å²) in [7, 11) is 0. The lowest BCUT2D eigenvalue weighted by Gasteiger charge is -2.10. The maximum atomic E-state index is 12.3. The number of hydrogen-bond donors (Lipinski definition) is 2. The van der Waals surface area contributed by atoms with E-state index in [-0.39, 0.29) is 11.7 Å². The molecule has 0 saturated heterocycles. The first-order chi connectivity index (χ1) is 14.1. The fraction of sp³-hybridized carbons (Fsp3) is 0.0870. The van der Waals surface area contributed by atoms with Crippen LogP contribution in [0.4, 0.5) is 17.2 Å². The number of benzene rings is 2. The Bertz CT molecular complexity index is 1150. The molecule has 0 unspecified atom stereocenters. The first kappa shape index (κ1) is 18.4. The highest BCUT2D eigenvalue weighted by Gasteiger charge is 2.11. The van der Waals surface area contributed by atoms with Gasteiger partial charge in [0.25, 0.3) is 5.91 Å². The van der Waals surface area contributed by atoms with Gasteiger partial charge in [-0.2, -0.15) is 0 Å². The fourth-order valence-corrected chi connectivity index (χ4v) is 2.96. The van der Waals surface area contributed by atoms with Crippen molar-refractivity contribution < 1.29 is 9.21 Å². The van der Waals surface area contributed by atoms with Gasteiger partial charge in [-0.15, -0.1) is 0 Å². The normalized spacial score (nSPS) is 10.6. The van der Waals surface area contributed by atoms with E-state index >= 15 is 0 Å². The van der Waals surface area contributed by atoms with Crippen LogP contribution in [0.1, 0.15) is 22.1 Å². The molecule has 6 heteroatoms. The van der Waals surface area contributed by atoms with Gasteiger partial charge in [-0.25, -0.2) is 9.97 Å². The van der Waals surface area contributed by atoms with Crippen LogP contribution in [0.2, 0.25) is 0 Å². The number of aromatic nitrogens is 2. The SMILES string of the molecule is Cc1nc(Nc2cccc(NC(=O)c3ccc(C)o3)c2)cc(-c2ccccc2)n1. The number of amides is 1. The summed E-state index contributed by atoms with van der Waals surface area (Å²) < 4.78 is 5.37. The third-order valence-electron chi connectivity index (χ3n) is 4.26. The summed E-state index contributed by atoms with van der Waals surface area (Å²) in [6.07, 6.45) is 0. The van der Waals surface area contributed by atoms with Crippen LogP contribution in [0.5, 0.6) is 0 Å². The number of carbonyl (C=O) groups is 1. The number of nitrogens with one attached hydrogen (secondary N) is 2. The van der Waals surface area contributed by atoms with Crippen molar-refractivity contribution in [1.82, 2.24) is 9.97 Å². The lowest BCUT2D eigenvalue weighted by atomic mass is 10.1. The molecule has 0 aliphatic carbocycles. The zero-order valence-electron chi connectivity index (χ0n) is 16.1.